The average molecular weight is 272 g/mol. The van der Waals surface area contributed by atoms with Gasteiger partial charge in [0.25, 0.3) is 0 Å². The lowest BCUT2D eigenvalue weighted by Gasteiger charge is -2.05. The van der Waals surface area contributed by atoms with Gasteiger partial charge >= 0.3 is 5.97 Å². The Morgan fingerprint density at radius 3 is 2.72 bits per heavy atom. The zero-order chi connectivity index (χ0) is 13.9. The second kappa shape index (κ2) is 5.20. The molecule has 0 amide bonds. The number of carboxylic acids is 1. The molecule has 1 aromatic heterocycles. The van der Waals surface area contributed by atoms with Gasteiger partial charge < -0.3 is 9.52 Å². The van der Waals surface area contributed by atoms with E-state index in [1.807, 2.05) is 0 Å². The second-order valence-electron chi connectivity index (χ2n) is 3.63. The molecule has 0 bridgehead atoms. The van der Waals surface area contributed by atoms with Crippen molar-refractivity contribution in [2.24, 2.45) is 0 Å². The molecule has 1 rings (SSSR count). The molecule has 0 aliphatic rings. The van der Waals surface area contributed by atoms with Gasteiger partial charge in [-0.3, -0.25) is 0 Å². The van der Waals surface area contributed by atoms with Crippen LogP contribution < -0.4 is 4.72 Å². The normalized spacial score (nSPS) is 12.9. The maximum atomic E-state index is 11.5. The number of nitrogens with zero attached hydrogens (tertiary/aromatic N) is 1. The summed E-state index contributed by atoms with van der Waals surface area (Å²) in [5, 5.41) is 16.1. The number of furan rings is 1. The lowest BCUT2D eigenvalue weighted by Crippen LogP contribution is -2.31. The molecular weight excluding hydrogens is 260 g/mol. The number of nitriles is 1. The molecule has 1 unspecified atom stereocenters. The van der Waals surface area contributed by atoms with Crippen molar-refractivity contribution in [1.29, 1.82) is 5.26 Å². The van der Waals surface area contributed by atoms with Crippen LogP contribution in [0.4, 0.5) is 0 Å². The Morgan fingerprint density at radius 1 is 1.67 bits per heavy atom. The number of nitrogens with one attached hydrogen (secondary N) is 1. The van der Waals surface area contributed by atoms with Gasteiger partial charge in [0.05, 0.1) is 12.6 Å². The van der Waals surface area contributed by atoms with E-state index in [9.17, 15) is 13.2 Å². The molecule has 7 nitrogen and oxygen atoms in total. The number of hydrogen-bond acceptors (Lipinski definition) is 5. The fourth-order valence-corrected chi connectivity index (χ4v) is 1.94. The van der Waals surface area contributed by atoms with E-state index >= 15 is 0 Å². The van der Waals surface area contributed by atoms with Crippen LogP contribution >= 0.6 is 0 Å². The number of rotatable bonds is 5. The summed E-state index contributed by atoms with van der Waals surface area (Å²) in [6.45, 7) is 2.53. The Labute approximate surface area is 104 Å². The lowest BCUT2D eigenvalue weighted by atomic mass is 10.2. The quantitative estimate of drug-likeness (QED) is 0.810. The molecule has 0 saturated heterocycles. The Hall–Kier alpha value is -1.85. The molecule has 8 heteroatoms. The van der Waals surface area contributed by atoms with E-state index in [0.717, 1.165) is 0 Å². The molecule has 2 N–H and O–H groups in total. The number of carbonyl (C=O) groups is 1. The number of aryl methyl sites for hydroxylation is 1. The highest BCUT2D eigenvalue weighted by atomic mass is 32.2. The molecule has 0 aliphatic heterocycles. The monoisotopic (exact) mass is 272 g/mol. The zero-order valence-electron chi connectivity index (χ0n) is 9.80. The van der Waals surface area contributed by atoms with Gasteiger partial charge in [-0.2, -0.15) is 5.26 Å². The van der Waals surface area contributed by atoms with Crippen molar-refractivity contribution in [3.8, 4) is 6.07 Å². The Morgan fingerprint density at radius 2 is 2.28 bits per heavy atom. The van der Waals surface area contributed by atoms with Crippen LogP contribution in [0, 0.1) is 18.3 Å². The van der Waals surface area contributed by atoms with Crippen molar-refractivity contribution in [1.82, 2.24) is 4.72 Å². The fraction of sp³-hybridized carbons (Fsp3) is 0.400. The van der Waals surface area contributed by atoms with Gasteiger partial charge in [-0.15, -0.1) is 0 Å². The molecule has 0 aliphatic carbocycles. The molecule has 0 saturated carbocycles. The molecule has 1 heterocycles. The van der Waals surface area contributed by atoms with Crippen molar-refractivity contribution in [2.75, 3.05) is 0 Å². The molecule has 0 radical (unpaired) electrons. The van der Waals surface area contributed by atoms with Crippen LogP contribution in [0.5, 0.6) is 0 Å². The second-order valence-corrected chi connectivity index (χ2v) is 5.71. The standard InChI is InChI=1S/C10H12N2O5S/c1-6(4-11)18(15,16)12-5-8-3-9(10(13)14)7(2)17-8/h3,6,12H,5H2,1-2H3,(H,13,14). The molecule has 1 aromatic rings. The Balaban J connectivity index is 2.80. The SMILES string of the molecule is Cc1oc(CNS(=O)(=O)C(C)C#N)cc1C(=O)O. The Kier molecular flexibility index (Phi) is 4.11. The van der Waals surface area contributed by atoms with Crippen LogP contribution in [0.15, 0.2) is 10.5 Å². The number of sulfonamides is 1. The third kappa shape index (κ3) is 3.09. The van der Waals surface area contributed by atoms with Gasteiger partial charge in [-0.25, -0.2) is 17.9 Å². The molecule has 18 heavy (non-hydrogen) atoms. The first-order valence-corrected chi connectivity index (χ1v) is 6.53. The summed E-state index contributed by atoms with van der Waals surface area (Å²) in [5.41, 5.74) is -0.0162. The Bertz CT molecular complexity index is 596. The van der Waals surface area contributed by atoms with Crippen LogP contribution in [-0.2, 0) is 16.6 Å². The van der Waals surface area contributed by atoms with Gasteiger partial charge in [0, 0.05) is 0 Å². The minimum absolute atomic E-state index is 0.0162. The van der Waals surface area contributed by atoms with E-state index in [1.165, 1.54) is 19.9 Å². The van der Waals surface area contributed by atoms with Crippen LogP contribution in [0.3, 0.4) is 0 Å². The van der Waals surface area contributed by atoms with E-state index in [0.29, 0.717) is 0 Å². The summed E-state index contributed by atoms with van der Waals surface area (Å²) in [6.07, 6.45) is 0. The van der Waals surface area contributed by atoms with Crippen molar-refractivity contribution in [2.45, 2.75) is 25.6 Å². The van der Waals surface area contributed by atoms with E-state index in [4.69, 9.17) is 14.8 Å². The summed E-state index contributed by atoms with van der Waals surface area (Å²) in [7, 11) is -3.75. The molecular formula is C10H12N2O5S. The maximum absolute atomic E-state index is 11.5. The van der Waals surface area contributed by atoms with E-state index in [2.05, 4.69) is 4.72 Å². The summed E-state index contributed by atoms with van der Waals surface area (Å²) in [6, 6.07) is 2.85. The summed E-state index contributed by atoms with van der Waals surface area (Å²) >= 11 is 0. The van der Waals surface area contributed by atoms with Crippen LogP contribution in [0.1, 0.15) is 28.8 Å². The third-order valence-electron chi connectivity index (χ3n) is 2.29. The van der Waals surface area contributed by atoms with Crippen molar-refractivity contribution in [3.05, 3.63) is 23.2 Å². The van der Waals surface area contributed by atoms with Crippen LogP contribution in [-0.4, -0.2) is 24.7 Å². The van der Waals surface area contributed by atoms with Crippen LogP contribution in [0.25, 0.3) is 0 Å². The maximum Gasteiger partial charge on any atom is 0.339 e. The summed E-state index contributed by atoms with van der Waals surface area (Å²) < 4.78 is 30.2. The van der Waals surface area contributed by atoms with E-state index < -0.39 is 21.2 Å². The smallest absolute Gasteiger partial charge is 0.339 e. The van der Waals surface area contributed by atoms with Crippen molar-refractivity contribution in [3.63, 3.8) is 0 Å². The third-order valence-corrected chi connectivity index (χ3v) is 3.88. The largest absolute Gasteiger partial charge is 0.478 e. The lowest BCUT2D eigenvalue weighted by molar-refractivity contribution is 0.0695. The molecule has 98 valence electrons. The highest BCUT2D eigenvalue weighted by Gasteiger charge is 2.21. The number of hydrogen-bond donors (Lipinski definition) is 2. The van der Waals surface area contributed by atoms with Gasteiger partial charge in [0.2, 0.25) is 10.0 Å². The highest BCUT2D eigenvalue weighted by Crippen LogP contribution is 2.14. The summed E-state index contributed by atoms with van der Waals surface area (Å²) in [5.74, 6) is -0.764. The van der Waals surface area contributed by atoms with Gasteiger partial charge in [-0.1, -0.05) is 0 Å². The van der Waals surface area contributed by atoms with Gasteiger partial charge in [-0.05, 0) is 19.9 Å². The number of carboxylic acid groups (broad SMARTS) is 1. The fourth-order valence-electron chi connectivity index (χ4n) is 1.21. The molecule has 0 spiro atoms. The highest BCUT2D eigenvalue weighted by molar-refractivity contribution is 7.90. The van der Waals surface area contributed by atoms with Crippen molar-refractivity contribution >= 4 is 16.0 Å². The van der Waals surface area contributed by atoms with E-state index in [1.54, 1.807) is 6.07 Å². The molecule has 1 atom stereocenters. The average Bonchev–Trinajstić information content (AvgIpc) is 2.67. The van der Waals surface area contributed by atoms with Crippen LogP contribution in [0.2, 0.25) is 0 Å². The minimum Gasteiger partial charge on any atom is -0.478 e. The number of aromatic carboxylic acids is 1. The predicted molar refractivity (Wildman–Crippen MR) is 61.2 cm³/mol. The van der Waals surface area contributed by atoms with Crippen molar-refractivity contribution < 1.29 is 22.7 Å². The molecule has 0 aromatic carbocycles. The first-order chi connectivity index (χ1) is 8.27. The zero-order valence-corrected chi connectivity index (χ0v) is 10.6. The molecule has 0 fully saturated rings. The van der Waals surface area contributed by atoms with E-state index in [-0.39, 0.29) is 23.6 Å². The predicted octanol–water partition coefficient (Wildman–Crippen LogP) is 0.618. The first-order valence-electron chi connectivity index (χ1n) is 4.98. The van der Waals surface area contributed by atoms with Gasteiger partial charge in [0.1, 0.15) is 17.1 Å². The first kappa shape index (κ1) is 14.2. The topological polar surface area (TPSA) is 120 Å². The minimum atomic E-state index is -3.75. The summed E-state index contributed by atoms with van der Waals surface area (Å²) in [4.78, 5) is 10.7. The van der Waals surface area contributed by atoms with Gasteiger partial charge in [0.15, 0.2) is 5.25 Å².